The van der Waals surface area contributed by atoms with Gasteiger partial charge in [-0.2, -0.15) is 0 Å². The number of rotatable bonds is 2. The zero-order chi connectivity index (χ0) is 14.3. The molecule has 2 saturated carbocycles. The molecule has 1 aromatic carbocycles. The number of aliphatic hydroxyl groups excluding tert-OH is 1. The molecule has 110 valence electrons. The van der Waals surface area contributed by atoms with Crippen LogP contribution >= 0.6 is 0 Å². The molecular weight excluding hydrogens is 252 g/mol. The standard InChI is InChI=1S/C17H24O3/c1-17-8-7-12(9-13(17)4-6-16(17)19)11-3-5-14(18)15(10-11)20-2/h3,5,10,12-13,16,18-19H,4,6-9H2,1-2H3. The van der Waals surface area contributed by atoms with Crippen LogP contribution in [-0.2, 0) is 0 Å². The van der Waals surface area contributed by atoms with Gasteiger partial charge in [-0.3, -0.25) is 0 Å². The molecule has 0 aliphatic heterocycles. The molecule has 0 heterocycles. The molecule has 2 aliphatic carbocycles. The van der Waals surface area contributed by atoms with Gasteiger partial charge in [-0.15, -0.1) is 0 Å². The van der Waals surface area contributed by atoms with Gasteiger partial charge in [0, 0.05) is 0 Å². The molecule has 3 rings (SSSR count). The molecule has 3 nitrogen and oxygen atoms in total. The fourth-order valence-corrected chi connectivity index (χ4v) is 4.25. The molecule has 0 saturated heterocycles. The summed E-state index contributed by atoms with van der Waals surface area (Å²) in [4.78, 5) is 0. The van der Waals surface area contributed by atoms with Crippen molar-refractivity contribution in [3.8, 4) is 11.5 Å². The maximum atomic E-state index is 10.2. The zero-order valence-electron chi connectivity index (χ0n) is 12.3. The summed E-state index contributed by atoms with van der Waals surface area (Å²) in [5.74, 6) is 1.90. The van der Waals surface area contributed by atoms with Crippen molar-refractivity contribution in [2.75, 3.05) is 7.11 Å². The van der Waals surface area contributed by atoms with Crippen LogP contribution in [0.15, 0.2) is 18.2 Å². The van der Waals surface area contributed by atoms with Crippen molar-refractivity contribution >= 4 is 0 Å². The van der Waals surface area contributed by atoms with Gasteiger partial charge in [0.25, 0.3) is 0 Å². The number of hydrogen-bond acceptors (Lipinski definition) is 3. The van der Waals surface area contributed by atoms with Gasteiger partial charge in [0.1, 0.15) is 0 Å². The highest BCUT2D eigenvalue weighted by Gasteiger charge is 2.48. The van der Waals surface area contributed by atoms with E-state index in [9.17, 15) is 10.2 Å². The van der Waals surface area contributed by atoms with Gasteiger partial charge in [0.15, 0.2) is 11.5 Å². The van der Waals surface area contributed by atoms with E-state index in [0.29, 0.717) is 17.6 Å². The molecule has 4 atom stereocenters. The summed E-state index contributed by atoms with van der Waals surface area (Å²) < 4.78 is 5.21. The Bertz CT molecular complexity index is 499. The van der Waals surface area contributed by atoms with Gasteiger partial charge in [-0.05, 0) is 67.1 Å². The molecule has 0 bridgehead atoms. The second kappa shape index (κ2) is 4.96. The fraction of sp³-hybridized carbons (Fsp3) is 0.647. The van der Waals surface area contributed by atoms with E-state index in [1.807, 2.05) is 12.1 Å². The van der Waals surface area contributed by atoms with Crippen molar-refractivity contribution in [1.82, 2.24) is 0 Å². The Morgan fingerprint density at radius 1 is 1.25 bits per heavy atom. The van der Waals surface area contributed by atoms with E-state index < -0.39 is 0 Å². The third-order valence-electron chi connectivity index (χ3n) is 5.76. The van der Waals surface area contributed by atoms with Crippen molar-refractivity contribution in [3.63, 3.8) is 0 Å². The minimum absolute atomic E-state index is 0.122. The Balaban J connectivity index is 1.80. The van der Waals surface area contributed by atoms with Crippen molar-refractivity contribution in [1.29, 1.82) is 0 Å². The predicted octanol–water partition coefficient (Wildman–Crippen LogP) is 3.45. The summed E-state index contributed by atoms with van der Waals surface area (Å²) in [5, 5.41) is 19.9. The van der Waals surface area contributed by atoms with Crippen molar-refractivity contribution in [2.24, 2.45) is 11.3 Å². The topological polar surface area (TPSA) is 49.7 Å². The molecule has 20 heavy (non-hydrogen) atoms. The van der Waals surface area contributed by atoms with E-state index in [4.69, 9.17) is 4.74 Å². The SMILES string of the molecule is COc1cc(C2CCC3(C)C(O)CCC3C2)ccc1O. The zero-order valence-corrected chi connectivity index (χ0v) is 12.3. The summed E-state index contributed by atoms with van der Waals surface area (Å²) in [6, 6.07) is 5.70. The number of phenols is 1. The normalized spacial score (nSPS) is 36.6. The van der Waals surface area contributed by atoms with Gasteiger partial charge in [0.2, 0.25) is 0 Å². The average molecular weight is 276 g/mol. The minimum atomic E-state index is -0.122. The number of phenolic OH excluding ortho intramolecular Hbond substituents is 1. The van der Waals surface area contributed by atoms with Crippen LogP contribution in [-0.4, -0.2) is 23.4 Å². The number of aliphatic hydroxyl groups is 1. The number of aromatic hydroxyl groups is 1. The van der Waals surface area contributed by atoms with Crippen molar-refractivity contribution < 1.29 is 14.9 Å². The second-order valence-corrected chi connectivity index (χ2v) is 6.70. The highest BCUT2D eigenvalue weighted by Crippen LogP contribution is 2.55. The Morgan fingerprint density at radius 2 is 2.05 bits per heavy atom. The van der Waals surface area contributed by atoms with E-state index in [2.05, 4.69) is 6.92 Å². The van der Waals surface area contributed by atoms with Gasteiger partial charge < -0.3 is 14.9 Å². The molecule has 2 N–H and O–H groups in total. The van der Waals surface area contributed by atoms with Crippen molar-refractivity contribution in [2.45, 2.75) is 51.0 Å². The maximum Gasteiger partial charge on any atom is 0.160 e. The quantitative estimate of drug-likeness (QED) is 0.870. The number of hydrogen-bond donors (Lipinski definition) is 2. The van der Waals surface area contributed by atoms with Gasteiger partial charge >= 0.3 is 0 Å². The lowest BCUT2D eigenvalue weighted by Crippen LogP contribution is -2.36. The predicted molar refractivity (Wildman–Crippen MR) is 78.1 cm³/mol. The minimum Gasteiger partial charge on any atom is -0.504 e. The Morgan fingerprint density at radius 3 is 2.80 bits per heavy atom. The first-order chi connectivity index (χ1) is 9.54. The van der Waals surface area contributed by atoms with Gasteiger partial charge in [0.05, 0.1) is 13.2 Å². The Labute approximate surface area is 120 Å². The second-order valence-electron chi connectivity index (χ2n) is 6.70. The lowest BCUT2D eigenvalue weighted by molar-refractivity contribution is 0.00870. The summed E-state index contributed by atoms with van der Waals surface area (Å²) in [7, 11) is 1.59. The average Bonchev–Trinajstić information content (AvgIpc) is 2.75. The smallest absolute Gasteiger partial charge is 0.160 e. The van der Waals surface area contributed by atoms with E-state index in [-0.39, 0.29) is 17.3 Å². The molecule has 2 aliphatic rings. The van der Waals surface area contributed by atoms with Crippen LogP contribution in [0, 0.1) is 11.3 Å². The maximum absolute atomic E-state index is 10.2. The third-order valence-corrected chi connectivity index (χ3v) is 5.76. The largest absolute Gasteiger partial charge is 0.504 e. The first kappa shape index (κ1) is 13.7. The van der Waals surface area contributed by atoms with E-state index >= 15 is 0 Å². The fourth-order valence-electron chi connectivity index (χ4n) is 4.25. The summed E-state index contributed by atoms with van der Waals surface area (Å²) >= 11 is 0. The third kappa shape index (κ3) is 2.08. The lowest BCUT2D eigenvalue weighted by Gasteiger charge is -2.42. The summed E-state index contributed by atoms with van der Waals surface area (Å²) in [6.45, 7) is 2.25. The van der Waals surface area contributed by atoms with E-state index in [1.165, 1.54) is 5.56 Å². The van der Waals surface area contributed by atoms with Crippen LogP contribution in [0.3, 0.4) is 0 Å². The monoisotopic (exact) mass is 276 g/mol. The lowest BCUT2D eigenvalue weighted by atomic mass is 9.64. The first-order valence-corrected chi connectivity index (χ1v) is 7.59. The molecule has 1 aromatic rings. The van der Waals surface area contributed by atoms with Crippen molar-refractivity contribution in [3.05, 3.63) is 23.8 Å². The molecule has 4 unspecified atom stereocenters. The molecule has 3 heteroatoms. The molecular formula is C17H24O3. The van der Waals surface area contributed by atoms with Gasteiger partial charge in [-0.25, -0.2) is 0 Å². The molecule has 0 radical (unpaired) electrons. The Hall–Kier alpha value is -1.22. The molecule has 0 spiro atoms. The van der Waals surface area contributed by atoms with E-state index in [0.717, 1.165) is 32.1 Å². The van der Waals surface area contributed by atoms with Crippen LogP contribution in [0.25, 0.3) is 0 Å². The van der Waals surface area contributed by atoms with Crippen LogP contribution in [0.4, 0.5) is 0 Å². The van der Waals surface area contributed by atoms with Crippen LogP contribution in [0.5, 0.6) is 11.5 Å². The summed E-state index contributed by atoms with van der Waals surface area (Å²) in [5.41, 5.74) is 1.38. The highest BCUT2D eigenvalue weighted by molar-refractivity contribution is 5.43. The number of ether oxygens (including phenoxy) is 1. The molecule has 2 fully saturated rings. The Kier molecular flexibility index (Phi) is 3.41. The number of benzene rings is 1. The molecule has 0 aromatic heterocycles. The van der Waals surface area contributed by atoms with E-state index in [1.54, 1.807) is 13.2 Å². The van der Waals surface area contributed by atoms with Crippen LogP contribution < -0.4 is 4.74 Å². The molecule has 0 amide bonds. The van der Waals surface area contributed by atoms with Crippen LogP contribution in [0.1, 0.15) is 50.5 Å². The summed E-state index contributed by atoms with van der Waals surface area (Å²) in [6.07, 6.45) is 5.31. The first-order valence-electron chi connectivity index (χ1n) is 7.59. The number of methoxy groups -OCH3 is 1. The van der Waals surface area contributed by atoms with Gasteiger partial charge in [-0.1, -0.05) is 13.0 Å². The highest BCUT2D eigenvalue weighted by atomic mass is 16.5. The van der Waals surface area contributed by atoms with Crippen LogP contribution in [0.2, 0.25) is 0 Å². The number of fused-ring (bicyclic) bond motifs is 1.